The molecule has 25 heavy (non-hydrogen) atoms. The third-order valence-electron chi connectivity index (χ3n) is 3.63. The lowest BCUT2D eigenvalue weighted by atomic mass is 10.0. The third-order valence-corrected chi connectivity index (χ3v) is 3.63. The molecule has 0 unspecified atom stereocenters. The smallest absolute Gasteiger partial charge is 0.337 e. The average molecular weight is 342 g/mol. The van der Waals surface area contributed by atoms with Crippen molar-refractivity contribution in [3.8, 4) is 11.5 Å². The Hall–Kier alpha value is -2.99. The van der Waals surface area contributed by atoms with Crippen molar-refractivity contribution in [1.29, 1.82) is 0 Å². The molecule has 3 rings (SSSR count). The second-order valence-electron chi connectivity index (χ2n) is 5.48. The number of esters is 1. The Kier molecular flexibility index (Phi) is 4.63. The summed E-state index contributed by atoms with van der Waals surface area (Å²) in [4.78, 5) is 24.0. The highest BCUT2D eigenvalue weighted by Crippen LogP contribution is 2.37. The van der Waals surface area contributed by atoms with Crippen molar-refractivity contribution in [2.24, 2.45) is 0 Å². The van der Waals surface area contributed by atoms with Crippen molar-refractivity contribution < 1.29 is 28.2 Å². The molecule has 2 aromatic carbocycles. The molecule has 0 radical (unpaired) electrons. The summed E-state index contributed by atoms with van der Waals surface area (Å²) in [7, 11) is 1.39. The van der Waals surface area contributed by atoms with Gasteiger partial charge in [-0.2, -0.15) is 0 Å². The summed E-state index contributed by atoms with van der Waals surface area (Å²) in [6, 6.07) is 9.11. The van der Waals surface area contributed by atoms with Crippen LogP contribution >= 0.6 is 0 Å². The molecule has 0 bridgehead atoms. The highest BCUT2D eigenvalue weighted by Gasteiger charge is 2.30. The summed E-state index contributed by atoms with van der Waals surface area (Å²) < 4.78 is 29.2. The van der Waals surface area contributed by atoms with Crippen molar-refractivity contribution in [2.75, 3.05) is 13.7 Å². The fraction of sp³-hybridized carbons (Fsp3) is 0.158. The number of benzene rings is 2. The number of carbonyl (C=O) groups is 2. The lowest BCUT2D eigenvalue weighted by Crippen LogP contribution is -2.14. The first-order valence-electron chi connectivity index (χ1n) is 7.52. The van der Waals surface area contributed by atoms with Crippen LogP contribution in [-0.2, 0) is 9.53 Å². The molecule has 0 aliphatic carbocycles. The molecular weight excluding hydrogens is 327 g/mol. The predicted molar refractivity (Wildman–Crippen MR) is 88.0 cm³/mol. The lowest BCUT2D eigenvalue weighted by Gasteiger charge is -2.07. The van der Waals surface area contributed by atoms with Crippen LogP contribution in [0.5, 0.6) is 11.5 Å². The number of hydrogen-bond acceptors (Lipinski definition) is 5. The highest BCUT2D eigenvalue weighted by atomic mass is 19.1. The number of allylic oxidation sites excluding steroid dienone is 1. The van der Waals surface area contributed by atoms with E-state index in [-0.39, 0.29) is 35.2 Å². The Morgan fingerprint density at radius 3 is 2.76 bits per heavy atom. The Labute approximate surface area is 143 Å². The standard InChI is InChI=1S/C19H15FO5/c1-11-7-13(24-17(21)10-23-2)9-15-18(11)19(22)16(25-15)8-12-5-3-4-6-14(12)20/h3-9H,10H2,1-2H3/b16-8-. The van der Waals surface area contributed by atoms with Crippen LogP contribution in [0.15, 0.2) is 42.2 Å². The van der Waals surface area contributed by atoms with Crippen LogP contribution in [0.3, 0.4) is 0 Å². The van der Waals surface area contributed by atoms with Gasteiger partial charge in [-0.3, -0.25) is 4.79 Å². The molecule has 0 N–H and O–H groups in total. The second kappa shape index (κ2) is 6.86. The summed E-state index contributed by atoms with van der Waals surface area (Å²) in [5.41, 5.74) is 1.22. The van der Waals surface area contributed by atoms with Crippen LogP contribution in [-0.4, -0.2) is 25.5 Å². The van der Waals surface area contributed by atoms with Gasteiger partial charge in [-0.05, 0) is 30.7 Å². The van der Waals surface area contributed by atoms with Crippen LogP contribution in [0.4, 0.5) is 4.39 Å². The summed E-state index contributed by atoms with van der Waals surface area (Å²) in [5.74, 6) is -0.818. The highest BCUT2D eigenvalue weighted by molar-refractivity contribution is 6.15. The third kappa shape index (κ3) is 3.44. The van der Waals surface area contributed by atoms with Gasteiger partial charge in [0.25, 0.3) is 0 Å². The fourth-order valence-electron chi connectivity index (χ4n) is 2.55. The Bertz CT molecular complexity index is 885. The first-order valence-corrected chi connectivity index (χ1v) is 7.52. The normalized spacial score (nSPS) is 14.4. The van der Waals surface area contributed by atoms with E-state index >= 15 is 0 Å². The molecule has 2 aromatic rings. The number of aryl methyl sites for hydroxylation is 1. The maximum absolute atomic E-state index is 13.8. The number of Topliss-reactive ketones (excluding diaryl/α,β-unsaturated/α-hetero) is 1. The maximum atomic E-state index is 13.8. The van der Waals surface area contributed by atoms with E-state index in [1.165, 1.54) is 25.3 Å². The second-order valence-corrected chi connectivity index (χ2v) is 5.48. The van der Waals surface area contributed by atoms with Gasteiger partial charge in [0.2, 0.25) is 5.78 Å². The number of carbonyl (C=O) groups excluding carboxylic acids is 2. The largest absolute Gasteiger partial charge is 0.452 e. The van der Waals surface area contributed by atoms with Crippen LogP contribution in [0.1, 0.15) is 21.5 Å². The molecule has 0 spiro atoms. The minimum atomic E-state index is -0.562. The van der Waals surface area contributed by atoms with E-state index in [9.17, 15) is 14.0 Å². The maximum Gasteiger partial charge on any atom is 0.337 e. The van der Waals surface area contributed by atoms with Crippen molar-refractivity contribution >= 4 is 17.8 Å². The van der Waals surface area contributed by atoms with Crippen molar-refractivity contribution in [1.82, 2.24) is 0 Å². The summed E-state index contributed by atoms with van der Waals surface area (Å²) in [6.45, 7) is 1.52. The Morgan fingerprint density at radius 1 is 1.28 bits per heavy atom. The van der Waals surface area contributed by atoms with Crippen LogP contribution in [0.2, 0.25) is 0 Å². The van der Waals surface area contributed by atoms with Crippen molar-refractivity contribution in [3.63, 3.8) is 0 Å². The molecule has 0 saturated carbocycles. The SMILES string of the molecule is COCC(=O)Oc1cc(C)c2c(c1)O/C(=C\c1ccccc1F)C2=O. The van der Waals surface area contributed by atoms with Gasteiger partial charge in [0.15, 0.2) is 5.76 Å². The zero-order valence-electron chi connectivity index (χ0n) is 13.7. The zero-order chi connectivity index (χ0) is 18.0. The van der Waals surface area contributed by atoms with E-state index < -0.39 is 11.8 Å². The predicted octanol–water partition coefficient (Wildman–Crippen LogP) is 3.30. The quantitative estimate of drug-likeness (QED) is 0.485. The molecule has 128 valence electrons. The first-order chi connectivity index (χ1) is 12.0. The molecule has 0 saturated heterocycles. The zero-order valence-corrected chi connectivity index (χ0v) is 13.7. The van der Waals surface area contributed by atoms with E-state index in [0.29, 0.717) is 11.1 Å². The number of halogens is 1. The van der Waals surface area contributed by atoms with E-state index in [2.05, 4.69) is 0 Å². The number of methoxy groups -OCH3 is 1. The van der Waals surface area contributed by atoms with E-state index in [1.807, 2.05) is 0 Å². The minimum Gasteiger partial charge on any atom is -0.452 e. The molecule has 6 heteroatoms. The van der Waals surface area contributed by atoms with Crippen LogP contribution < -0.4 is 9.47 Å². The van der Waals surface area contributed by atoms with Gasteiger partial charge in [-0.25, -0.2) is 9.18 Å². The van der Waals surface area contributed by atoms with Gasteiger partial charge in [0, 0.05) is 18.7 Å². The number of ether oxygens (including phenoxy) is 3. The summed E-state index contributed by atoms with van der Waals surface area (Å²) in [6.07, 6.45) is 1.35. The first kappa shape index (κ1) is 16.9. The molecule has 0 atom stereocenters. The molecule has 1 aliphatic rings. The van der Waals surface area contributed by atoms with E-state index in [0.717, 1.165) is 0 Å². The lowest BCUT2D eigenvalue weighted by molar-refractivity contribution is -0.138. The molecule has 0 fully saturated rings. The van der Waals surface area contributed by atoms with Crippen molar-refractivity contribution in [2.45, 2.75) is 6.92 Å². The summed E-state index contributed by atoms with van der Waals surface area (Å²) >= 11 is 0. The summed E-state index contributed by atoms with van der Waals surface area (Å²) in [5, 5.41) is 0. The number of rotatable bonds is 4. The minimum absolute atomic E-state index is 0.0172. The molecular formula is C19H15FO5. The molecule has 0 aromatic heterocycles. The number of fused-ring (bicyclic) bond motifs is 1. The number of ketones is 1. The monoisotopic (exact) mass is 342 g/mol. The molecule has 0 amide bonds. The fourth-order valence-corrected chi connectivity index (χ4v) is 2.55. The van der Waals surface area contributed by atoms with E-state index in [4.69, 9.17) is 14.2 Å². The van der Waals surface area contributed by atoms with Crippen LogP contribution in [0.25, 0.3) is 6.08 Å². The van der Waals surface area contributed by atoms with Gasteiger partial charge in [-0.1, -0.05) is 18.2 Å². The van der Waals surface area contributed by atoms with E-state index in [1.54, 1.807) is 31.2 Å². The van der Waals surface area contributed by atoms with Crippen LogP contribution in [0, 0.1) is 12.7 Å². The molecule has 5 nitrogen and oxygen atoms in total. The Morgan fingerprint density at radius 2 is 2.04 bits per heavy atom. The molecule has 1 heterocycles. The Balaban J connectivity index is 1.92. The van der Waals surface area contributed by atoms with Gasteiger partial charge < -0.3 is 14.2 Å². The van der Waals surface area contributed by atoms with Gasteiger partial charge in [0.1, 0.15) is 23.9 Å². The molecule has 1 aliphatic heterocycles. The van der Waals surface area contributed by atoms with Gasteiger partial charge >= 0.3 is 5.97 Å². The number of hydrogen-bond donors (Lipinski definition) is 0. The van der Waals surface area contributed by atoms with Gasteiger partial charge in [-0.15, -0.1) is 0 Å². The van der Waals surface area contributed by atoms with Crippen molar-refractivity contribution in [3.05, 3.63) is 64.7 Å². The topological polar surface area (TPSA) is 61.8 Å². The van der Waals surface area contributed by atoms with Gasteiger partial charge in [0.05, 0.1) is 5.56 Å². The average Bonchev–Trinajstić information content (AvgIpc) is 2.86.